The topological polar surface area (TPSA) is 46.2 Å². The van der Waals surface area contributed by atoms with E-state index in [1.807, 2.05) is 0 Å². The van der Waals surface area contributed by atoms with Crippen LogP contribution in [-0.4, -0.2) is 32.0 Å². The van der Waals surface area contributed by atoms with Crippen LogP contribution >= 0.6 is 0 Å². The van der Waals surface area contributed by atoms with Gasteiger partial charge in [0.1, 0.15) is 0 Å². The summed E-state index contributed by atoms with van der Waals surface area (Å²) in [6.07, 6.45) is 5.92. The van der Waals surface area contributed by atoms with E-state index in [-0.39, 0.29) is 11.3 Å². The third-order valence-electron chi connectivity index (χ3n) is 3.79. The highest BCUT2D eigenvalue weighted by molar-refractivity contribution is 7.92. The van der Waals surface area contributed by atoms with Crippen LogP contribution in [0.15, 0.2) is 0 Å². The monoisotopic (exact) mass is 275 g/mol. The van der Waals surface area contributed by atoms with Gasteiger partial charge < -0.3 is 5.32 Å². The highest BCUT2D eigenvalue weighted by atomic mass is 32.2. The molecule has 0 bridgehead atoms. The van der Waals surface area contributed by atoms with Crippen molar-refractivity contribution in [1.82, 2.24) is 5.32 Å². The lowest BCUT2D eigenvalue weighted by Crippen LogP contribution is -2.47. The maximum atomic E-state index is 12.2. The molecular weight excluding hydrogens is 246 g/mol. The quantitative estimate of drug-likeness (QED) is 0.777. The molecule has 3 nitrogen and oxygen atoms in total. The Bertz CT molecular complexity index is 325. The van der Waals surface area contributed by atoms with E-state index in [2.05, 4.69) is 26.1 Å². The summed E-state index contributed by atoms with van der Waals surface area (Å²) in [5, 5.41) is 3.33. The maximum Gasteiger partial charge on any atom is 0.154 e. The zero-order chi connectivity index (χ0) is 13.6. The van der Waals surface area contributed by atoms with Gasteiger partial charge in [0.05, 0.1) is 11.0 Å². The molecule has 0 spiro atoms. The van der Waals surface area contributed by atoms with Crippen LogP contribution in [0.4, 0.5) is 0 Å². The van der Waals surface area contributed by atoms with Crippen LogP contribution in [0.5, 0.6) is 0 Å². The van der Waals surface area contributed by atoms with Gasteiger partial charge in [-0.2, -0.15) is 0 Å². The Balaban J connectivity index is 2.67. The Kier molecular flexibility index (Phi) is 6.64. The van der Waals surface area contributed by atoms with Crippen LogP contribution in [0, 0.1) is 5.92 Å². The van der Waals surface area contributed by atoms with Crippen molar-refractivity contribution in [2.45, 2.75) is 70.6 Å². The molecule has 1 heterocycles. The van der Waals surface area contributed by atoms with E-state index in [0.29, 0.717) is 11.7 Å². The molecule has 0 saturated carbocycles. The van der Waals surface area contributed by atoms with E-state index >= 15 is 0 Å². The number of rotatable bonds is 7. The van der Waals surface area contributed by atoms with Gasteiger partial charge in [0.25, 0.3) is 0 Å². The fraction of sp³-hybridized carbons (Fsp3) is 1.00. The minimum Gasteiger partial charge on any atom is -0.313 e. The molecule has 1 aliphatic rings. The predicted molar refractivity (Wildman–Crippen MR) is 77.6 cm³/mol. The maximum absolute atomic E-state index is 12.2. The normalized spacial score (nSPS) is 25.2. The van der Waals surface area contributed by atoms with Crippen molar-refractivity contribution in [2.24, 2.45) is 5.92 Å². The van der Waals surface area contributed by atoms with Crippen molar-refractivity contribution < 1.29 is 8.42 Å². The van der Waals surface area contributed by atoms with Crippen molar-refractivity contribution in [3.63, 3.8) is 0 Å². The van der Waals surface area contributed by atoms with Gasteiger partial charge in [-0.1, -0.05) is 27.2 Å². The Morgan fingerprint density at radius 3 is 2.50 bits per heavy atom. The van der Waals surface area contributed by atoms with Crippen LogP contribution < -0.4 is 5.32 Å². The summed E-state index contributed by atoms with van der Waals surface area (Å²) in [7, 11) is -2.86. The Morgan fingerprint density at radius 1 is 1.22 bits per heavy atom. The van der Waals surface area contributed by atoms with Crippen LogP contribution in [0.1, 0.15) is 59.3 Å². The molecule has 0 aromatic heterocycles. The first-order chi connectivity index (χ1) is 8.47. The fourth-order valence-electron chi connectivity index (χ4n) is 2.69. The average molecular weight is 275 g/mol. The van der Waals surface area contributed by atoms with Crippen molar-refractivity contribution in [1.29, 1.82) is 0 Å². The van der Waals surface area contributed by atoms with E-state index in [4.69, 9.17) is 0 Å². The van der Waals surface area contributed by atoms with Gasteiger partial charge in [-0.05, 0) is 44.6 Å². The van der Waals surface area contributed by atoms with Crippen molar-refractivity contribution in [3.05, 3.63) is 0 Å². The third kappa shape index (κ3) is 4.88. The van der Waals surface area contributed by atoms with Crippen molar-refractivity contribution in [3.8, 4) is 0 Å². The molecule has 2 atom stereocenters. The highest BCUT2D eigenvalue weighted by Crippen LogP contribution is 2.25. The van der Waals surface area contributed by atoms with Gasteiger partial charge in [-0.15, -0.1) is 0 Å². The smallest absolute Gasteiger partial charge is 0.154 e. The molecule has 1 aliphatic heterocycles. The Hall–Kier alpha value is -0.0900. The zero-order valence-corrected chi connectivity index (χ0v) is 12.9. The number of nitrogens with one attached hydrogen (secondary N) is 1. The van der Waals surface area contributed by atoms with Gasteiger partial charge in [0, 0.05) is 6.04 Å². The van der Waals surface area contributed by atoms with Crippen LogP contribution in [-0.2, 0) is 9.84 Å². The van der Waals surface area contributed by atoms with Crippen molar-refractivity contribution >= 4 is 9.84 Å². The third-order valence-corrected chi connectivity index (χ3v) is 6.13. The summed E-state index contributed by atoms with van der Waals surface area (Å²) in [5.41, 5.74) is 0. The highest BCUT2D eigenvalue weighted by Gasteiger charge is 2.34. The molecule has 108 valence electrons. The molecular formula is C14H29NO2S. The second-order valence-electron chi connectivity index (χ2n) is 5.93. The van der Waals surface area contributed by atoms with E-state index < -0.39 is 9.84 Å². The fourth-order valence-corrected chi connectivity index (χ4v) is 4.86. The lowest BCUT2D eigenvalue weighted by atomic mass is 9.98. The Morgan fingerprint density at radius 2 is 1.94 bits per heavy atom. The van der Waals surface area contributed by atoms with Crippen LogP contribution in [0.25, 0.3) is 0 Å². The lowest BCUT2D eigenvalue weighted by Gasteiger charge is -2.31. The van der Waals surface area contributed by atoms with E-state index in [9.17, 15) is 8.42 Å². The second-order valence-corrected chi connectivity index (χ2v) is 8.27. The van der Waals surface area contributed by atoms with Crippen LogP contribution in [0.2, 0.25) is 0 Å². The van der Waals surface area contributed by atoms with Crippen molar-refractivity contribution in [2.75, 3.05) is 12.3 Å². The van der Waals surface area contributed by atoms with E-state index in [1.165, 1.54) is 0 Å². The zero-order valence-electron chi connectivity index (χ0n) is 12.1. The molecule has 1 N–H and O–H groups in total. The first-order valence-corrected chi connectivity index (χ1v) is 9.14. The summed E-state index contributed by atoms with van der Waals surface area (Å²) < 4.78 is 24.4. The molecule has 2 unspecified atom stereocenters. The first kappa shape index (κ1) is 16.0. The molecule has 0 aromatic rings. The average Bonchev–Trinajstić information content (AvgIpc) is 2.29. The summed E-state index contributed by atoms with van der Waals surface area (Å²) in [4.78, 5) is 0. The minimum atomic E-state index is -2.86. The largest absolute Gasteiger partial charge is 0.313 e. The molecule has 0 aromatic carbocycles. The van der Waals surface area contributed by atoms with Crippen LogP contribution in [0.3, 0.4) is 0 Å². The van der Waals surface area contributed by atoms with E-state index in [0.717, 1.165) is 45.1 Å². The molecule has 1 fully saturated rings. The molecule has 4 heteroatoms. The summed E-state index contributed by atoms with van der Waals surface area (Å²) in [5.74, 6) is 1.03. The summed E-state index contributed by atoms with van der Waals surface area (Å²) in [6, 6.07) is 0.164. The van der Waals surface area contributed by atoms with Gasteiger partial charge in [0.2, 0.25) is 0 Å². The van der Waals surface area contributed by atoms with Gasteiger partial charge in [-0.25, -0.2) is 8.42 Å². The standard InChI is InChI=1S/C14H29NO2S/c1-4-10-15-13(9-8-12(2)3)14-7-5-6-11-18(14,16)17/h12-15H,4-11H2,1-3H3. The SMILES string of the molecule is CCCNC(CCC(C)C)C1CCCCS1(=O)=O. The predicted octanol–water partition coefficient (Wildman–Crippen LogP) is 2.76. The number of sulfone groups is 1. The molecule has 18 heavy (non-hydrogen) atoms. The summed E-state index contributed by atoms with van der Waals surface area (Å²) >= 11 is 0. The number of hydrogen-bond acceptors (Lipinski definition) is 3. The number of hydrogen-bond donors (Lipinski definition) is 1. The molecule has 0 amide bonds. The minimum absolute atomic E-state index is 0.142. The molecule has 1 saturated heterocycles. The van der Waals surface area contributed by atoms with Gasteiger partial charge in [0.15, 0.2) is 9.84 Å². The van der Waals surface area contributed by atoms with E-state index in [1.54, 1.807) is 0 Å². The second kappa shape index (κ2) is 7.49. The van der Waals surface area contributed by atoms with Gasteiger partial charge in [-0.3, -0.25) is 0 Å². The lowest BCUT2D eigenvalue weighted by molar-refractivity contribution is 0.388. The summed E-state index contributed by atoms with van der Waals surface area (Å²) in [6.45, 7) is 7.45. The Labute approximate surface area is 113 Å². The molecule has 1 rings (SSSR count). The first-order valence-electron chi connectivity index (χ1n) is 7.42. The molecule has 0 radical (unpaired) electrons. The molecule has 0 aliphatic carbocycles. The van der Waals surface area contributed by atoms with Gasteiger partial charge >= 0.3 is 0 Å².